The number of hydrogen-bond acceptors (Lipinski definition) is 4. The van der Waals surface area contributed by atoms with Gasteiger partial charge in [0.25, 0.3) is 11.8 Å². The van der Waals surface area contributed by atoms with Crippen LogP contribution in [-0.2, 0) is 10.0 Å². The highest BCUT2D eigenvalue weighted by Crippen LogP contribution is 2.11. The van der Waals surface area contributed by atoms with Gasteiger partial charge in [0.15, 0.2) is 0 Å². The molecule has 2 amide bonds. The van der Waals surface area contributed by atoms with Crippen molar-refractivity contribution in [1.29, 1.82) is 0 Å². The molecule has 0 atom stereocenters. The Morgan fingerprint density at radius 1 is 0.889 bits per heavy atom. The van der Waals surface area contributed by atoms with Gasteiger partial charge < -0.3 is 10.6 Å². The quantitative estimate of drug-likeness (QED) is 0.461. The normalized spacial score (nSPS) is 10.6. The minimum absolute atomic E-state index is 0.0530. The Bertz CT molecular complexity index is 950. The van der Waals surface area contributed by atoms with Crippen molar-refractivity contribution in [3.05, 3.63) is 65.7 Å². The van der Waals surface area contributed by atoms with E-state index in [0.717, 1.165) is 0 Å². The zero-order valence-corrected chi connectivity index (χ0v) is 15.3. The molecule has 8 heteroatoms. The smallest absolute Gasteiger partial charge is 0.251 e. The fourth-order valence-corrected chi connectivity index (χ4v) is 3.15. The van der Waals surface area contributed by atoms with Crippen LogP contribution in [0.4, 0.5) is 0 Å². The zero-order valence-electron chi connectivity index (χ0n) is 14.4. The van der Waals surface area contributed by atoms with Crippen molar-refractivity contribution < 1.29 is 18.0 Å². The Balaban J connectivity index is 1.88. The molecular formula is C19H19N3O4S. The highest BCUT2D eigenvalue weighted by Gasteiger charge is 2.15. The third kappa shape index (κ3) is 5.95. The topological polar surface area (TPSA) is 104 Å². The van der Waals surface area contributed by atoms with Gasteiger partial charge in [0.05, 0.1) is 11.4 Å². The summed E-state index contributed by atoms with van der Waals surface area (Å²) in [6, 6.07) is 14.3. The standard InChI is InChI=1S/C19H19N3O4S/c1-2-11-22-27(25,26)17-10-6-9-16(14-17)19(24)21-13-12-20-18(23)15-7-4-3-5-8-15/h1,3-10,14,22H,11-13H2,(H,20,23)(H,21,24). The van der Waals surface area contributed by atoms with Crippen molar-refractivity contribution in [2.24, 2.45) is 0 Å². The molecule has 0 unspecified atom stereocenters. The van der Waals surface area contributed by atoms with E-state index in [0.29, 0.717) is 5.56 Å². The lowest BCUT2D eigenvalue weighted by molar-refractivity contribution is 0.0927. The van der Waals surface area contributed by atoms with Crippen LogP contribution in [0.2, 0.25) is 0 Å². The molecule has 0 radical (unpaired) electrons. The lowest BCUT2D eigenvalue weighted by atomic mass is 10.2. The Morgan fingerprint density at radius 2 is 1.48 bits per heavy atom. The van der Waals surface area contributed by atoms with Crippen LogP contribution in [0.25, 0.3) is 0 Å². The Kier molecular flexibility index (Phi) is 7.11. The summed E-state index contributed by atoms with van der Waals surface area (Å²) >= 11 is 0. The lowest BCUT2D eigenvalue weighted by Gasteiger charge is -2.09. The summed E-state index contributed by atoms with van der Waals surface area (Å²) in [5.41, 5.74) is 0.717. The first kappa shape index (κ1) is 20.2. The average Bonchev–Trinajstić information content (AvgIpc) is 2.70. The van der Waals surface area contributed by atoms with Gasteiger partial charge >= 0.3 is 0 Å². The monoisotopic (exact) mass is 385 g/mol. The predicted octanol–water partition coefficient (Wildman–Crippen LogP) is 0.758. The third-order valence-electron chi connectivity index (χ3n) is 3.50. The van der Waals surface area contributed by atoms with Crippen molar-refractivity contribution in [2.45, 2.75) is 4.90 Å². The Labute approximate surface area is 158 Å². The minimum atomic E-state index is -3.77. The van der Waals surface area contributed by atoms with Crippen molar-refractivity contribution in [3.63, 3.8) is 0 Å². The van der Waals surface area contributed by atoms with Crippen LogP contribution in [0.5, 0.6) is 0 Å². The highest BCUT2D eigenvalue weighted by molar-refractivity contribution is 7.89. The number of nitrogens with one attached hydrogen (secondary N) is 3. The van der Waals surface area contributed by atoms with Crippen molar-refractivity contribution in [1.82, 2.24) is 15.4 Å². The van der Waals surface area contributed by atoms with E-state index in [4.69, 9.17) is 6.42 Å². The first-order chi connectivity index (χ1) is 12.9. The van der Waals surface area contributed by atoms with Gasteiger partial charge in [0.1, 0.15) is 0 Å². The second kappa shape index (κ2) is 9.52. The molecule has 2 aromatic rings. The van der Waals surface area contributed by atoms with Crippen LogP contribution in [0.15, 0.2) is 59.5 Å². The van der Waals surface area contributed by atoms with E-state index in [1.54, 1.807) is 24.3 Å². The van der Waals surface area contributed by atoms with Crippen LogP contribution >= 0.6 is 0 Å². The van der Waals surface area contributed by atoms with Crippen molar-refractivity contribution in [2.75, 3.05) is 19.6 Å². The molecule has 0 aromatic heterocycles. The van der Waals surface area contributed by atoms with Gasteiger partial charge in [-0.05, 0) is 30.3 Å². The average molecular weight is 385 g/mol. The first-order valence-corrected chi connectivity index (χ1v) is 9.57. The van der Waals surface area contributed by atoms with E-state index in [1.165, 1.54) is 24.3 Å². The van der Waals surface area contributed by atoms with Gasteiger partial charge in [0, 0.05) is 24.2 Å². The zero-order chi connectivity index (χ0) is 19.7. The van der Waals surface area contributed by atoms with E-state index >= 15 is 0 Å². The van der Waals surface area contributed by atoms with Gasteiger partial charge in [-0.25, -0.2) is 8.42 Å². The van der Waals surface area contributed by atoms with Crippen LogP contribution in [0.3, 0.4) is 0 Å². The van der Waals surface area contributed by atoms with Gasteiger partial charge in [-0.1, -0.05) is 30.2 Å². The highest BCUT2D eigenvalue weighted by atomic mass is 32.2. The largest absolute Gasteiger partial charge is 0.350 e. The SMILES string of the molecule is C#CCNS(=O)(=O)c1cccc(C(=O)NCCNC(=O)c2ccccc2)c1. The molecule has 2 aromatic carbocycles. The maximum absolute atomic E-state index is 12.2. The fraction of sp³-hybridized carbons (Fsp3) is 0.158. The molecule has 140 valence electrons. The minimum Gasteiger partial charge on any atom is -0.350 e. The molecule has 0 aliphatic heterocycles. The number of hydrogen-bond donors (Lipinski definition) is 3. The molecule has 3 N–H and O–H groups in total. The van der Waals surface area contributed by atoms with Crippen LogP contribution in [0, 0.1) is 12.3 Å². The van der Waals surface area contributed by atoms with E-state index in [2.05, 4.69) is 21.3 Å². The molecule has 2 rings (SSSR count). The number of amides is 2. The summed E-state index contributed by atoms with van der Waals surface area (Å²) in [5.74, 6) is 1.50. The molecule has 0 saturated carbocycles. The third-order valence-corrected chi connectivity index (χ3v) is 4.90. The molecule has 27 heavy (non-hydrogen) atoms. The molecular weight excluding hydrogens is 366 g/mol. The fourth-order valence-electron chi connectivity index (χ4n) is 2.17. The molecule has 0 saturated heterocycles. The van der Waals surface area contributed by atoms with Crippen LogP contribution < -0.4 is 15.4 Å². The van der Waals surface area contributed by atoms with Gasteiger partial charge in [-0.3, -0.25) is 9.59 Å². The van der Waals surface area contributed by atoms with E-state index in [1.807, 2.05) is 6.07 Å². The van der Waals surface area contributed by atoms with Crippen LogP contribution in [-0.4, -0.2) is 39.9 Å². The van der Waals surface area contributed by atoms with Crippen LogP contribution in [0.1, 0.15) is 20.7 Å². The second-order valence-electron chi connectivity index (χ2n) is 5.43. The number of carbonyl (C=O) groups is 2. The molecule has 0 aliphatic rings. The lowest BCUT2D eigenvalue weighted by Crippen LogP contribution is -2.34. The van der Waals surface area contributed by atoms with Gasteiger partial charge in [-0.15, -0.1) is 6.42 Å². The van der Waals surface area contributed by atoms with Gasteiger partial charge in [-0.2, -0.15) is 4.72 Å². The van der Waals surface area contributed by atoms with Gasteiger partial charge in [0.2, 0.25) is 10.0 Å². The van der Waals surface area contributed by atoms with E-state index in [9.17, 15) is 18.0 Å². The summed E-state index contributed by atoms with van der Waals surface area (Å²) in [6.07, 6.45) is 5.05. The molecule has 0 aliphatic carbocycles. The van der Waals surface area contributed by atoms with Crippen molar-refractivity contribution in [3.8, 4) is 12.3 Å². The van der Waals surface area contributed by atoms with E-state index < -0.39 is 15.9 Å². The maximum Gasteiger partial charge on any atom is 0.251 e. The summed E-state index contributed by atoms with van der Waals surface area (Å²) in [6.45, 7) is 0.296. The Hall–Kier alpha value is -3.15. The number of terminal acetylenes is 1. The second-order valence-corrected chi connectivity index (χ2v) is 7.20. The summed E-state index contributed by atoms with van der Waals surface area (Å²) in [4.78, 5) is 24.0. The first-order valence-electron chi connectivity index (χ1n) is 8.08. The van der Waals surface area contributed by atoms with E-state index in [-0.39, 0.29) is 36.0 Å². The van der Waals surface area contributed by atoms with Crippen molar-refractivity contribution >= 4 is 21.8 Å². The summed E-state index contributed by atoms with van der Waals surface area (Å²) < 4.78 is 26.3. The molecule has 0 spiro atoms. The molecule has 0 fully saturated rings. The maximum atomic E-state index is 12.2. The number of rotatable bonds is 8. The Morgan fingerprint density at radius 3 is 2.11 bits per heavy atom. The number of benzene rings is 2. The summed E-state index contributed by atoms with van der Waals surface area (Å²) in [5, 5.41) is 5.31. The summed E-state index contributed by atoms with van der Waals surface area (Å²) in [7, 11) is -3.77. The number of sulfonamides is 1. The molecule has 7 nitrogen and oxygen atoms in total. The predicted molar refractivity (Wildman–Crippen MR) is 102 cm³/mol. The molecule has 0 heterocycles. The number of carbonyl (C=O) groups excluding carboxylic acids is 2. The molecule has 0 bridgehead atoms.